The molecule has 0 N–H and O–H groups in total. The van der Waals surface area contributed by atoms with E-state index >= 15 is 0 Å². The number of imidazole rings is 1. The van der Waals surface area contributed by atoms with E-state index in [4.69, 9.17) is 23.2 Å². The number of halogens is 2. The molecule has 2 heterocycles. The summed E-state index contributed by atoms with van der Waals surface area (Å²) in [5, 5.41) is 2.39. The molecule has 0 radical (unpaired) electrons. The predicted octanol–water partition coefficient (Wildman–Crippen LogP) is 4.84. The van der Waals surface area contributed by atoms with Gasteiger partial charge in [-0.25, -0.2) is 4.57 Å². The fourth-order valence-corrected chi connectivity index (χ4v) is 4.13. The maximum Gasteiger partial charge on any atom is 0.323 e. The summed E-state index contributed by atoms with van der Waals surface area (Å²) in [6, 6.07) is 16.2. The summed E-state index contributed by atoms with van der Waals surface area (Å²) in [7, 11) is 0. The summed E-state index contributed by atoms with van der Waals surface area (Å²) in [5.74, 6) is 1.10. The van der Waals surface area contributed by atoms with Crippen LogP contribution in [0.25, 0.3) is 16.9 Å². The lowest BCUT2D eigenvalue weighted by atomic mass is 10.1. The van der Waals surface area contributed by atoms with Crippen LogP contribution in [0, 0.1) is 0 Å². The molecule has 3 aromatic rings. The van der Waals surface area contributed by atoms with E-state index in [1.54, 1.807) is 0 Å². The van der Waals surface area contributed by atoms with Crippen LogP contribution in [0.15, 0.2) is 59.9 Å². The Morgan fingerprint density at radius 2 is 1.82 bits per heavy atom. The van der Waals surface area contributed by atoms with Crippen molar-refractivity contribution in [3.8, 4) is 16.9 Å². The number of hydrogen-bond acceptors (Lipinski definition) is 1. The number of hydrogen-bond donors (Lipinski definition) is 0. The molecular weight excluding hydrogens is 335 g/mol. The van der Waals surface area contributed by atoms with E-state index < -0.39 is 0 Å². The van der Waals surface area contributed by atoms with Crippen molar-refractivity contribution in [2.45, 2.75) is 11.7 Å². The number of rotatable bonds is 2. The Hall–Kier alpha value is -1.42. The van der Waals surface area contributed by atoms with Gasteiger partial charge in [0.15, 0.2) is 5.69 Å². The van der Waals surface area contributed by atoms with Crippen LogP contribution in [0.3, 0.4) is 0 Å². The highest BCUT2D eigenvalue weighted by Gasteiger charge is 2.30. The van der Waals surface area contributed by atoms with E-state index in [1.165, 1.54) is 16.4 Å². The van der Waals surface area contributed by atoms with Gasteiger partial charge in [0.05, 0.1) is 10.0 Å². The van der Waals surface area contributed by atoms with Gasteiger partial charge in [-0.1, -0.05) is 53.5 Å². The third kappa shape index (κ3) is 2.34. The van der Waals surface area contributed by atoms with Crippen molar-refractivity contribution in [2.75, 3.05) is 5.75 Å². The average molecular weight is 348 g/mol. The van der Waals surface area contributed by atoms with Gasteiger partial charge in [0.25, 0.3) is 0 Å². The molecule has 2 nitrogen and oxygen atoms in total. The van der Waals surface area contributed by atoms with Crippen molar-refractivity contribution in [3.05, 3.63) is 64.8 Å². The summed E-state index contributed by atoms with van der Waals surface area (Å²) >= 11 is 14.2. The van der Waals surface area contributed by atoms with Crippen LogP contribution < -0.4 is 4.57 Å². The fraction of sp³-hybridized carbons (Fsp3) is 0.118. The van der Waals surface area contributed by atoms with E-state index in [9.17, 15) is 0 Å². The van der Waals surface area contributed by atoms with Crippen molar-refractivity contribution in [2.24, 2.45) is 0 Å². The summed E-state index contributed by atoms with van der Waals surface area (Å²) in [5.41, 5.74) is 3.40. The van der Waals surface area contributed by atoms with Crippen molar-refractivity contribution in [1.29, 1.82) is 0 Å². The van der Waals surface area contributed by atoms with Crippen LogP contribution in [0.5, 0.6) is 0 Å². The lowest BCUT2D eigenvalue weighted by molar-refractivity contribution is -0.723. The van der Waals surface area contributed by atoms with Crippen LogP contribution in [0.4, 0.5) is 0 Å². The molecule has 1 aromatic heterocycles. The molecule has 5 heteroatoms. The molecule has 0 fully saturated rings. The first kappa shape index (κ1) is 14.2. The average Bonchev–Trinajstić information content (AvgIpc) is 3.11. The van der Waals surface area contributed by atoms with Gasteiger partial charge in [0.2, 0.25) is 0 Å². The van der Waals surface area contributed by atoms with E-state index in [0.29, 0.717) is 10.0 Å². The van der Waals surface area contributed by atoms with E-state index in [1.807, 2.05) is 36.0 Å². The Balaban J connectivity index is 1.96. The van der Waals surface area contributed by atoms with Gasteiger partial charge in [-0.2, -0.15) is 4.57 Å². The SMILES string of the molecule is Clc1ccc(-n2c(-c3ccccc3)c[n+]3c2SCC3)cc1Cl. The minimum absolute atomic E-state index is 0.577. The topological polar surface area (TPSA) is 8.81 Å². The highest BCUT2D eigenvalue weighted by Crippen LogP contribution is 2.33. The smallest absolute Gasteiger partial charge is 0.223 e. The highest BCUT2D eigenvalue weighted by molar-refractivity contribution is 7.99. The number of aryl methyl sites for hydroxylation is 1. The van der Waals surface area contributed by atoms with Crippen LogP contribution in [0.2, 0.25) is 10.0 Å². The quantitative estimate of drug-likeness (QED) is 0.602. The lowest BCUT2D eigenvalue weighted by Gasteiger charge is -2.05. The van der Waals surface area contributed by atoms with Gasteiger partial charge < -0.3 is 0 Å². The second kappa shape index (κ2) is 5.65. The van der Waals surface area contributed by atoms with Crippen LogP contribution in [-0.2, 0) is 6.54 Å². The number of thioether (sulfide) groups is 1. The maximum atomic E-state index is 6.22. The Bertz CT molecular complexity index is 843. The van der Waals surface area contributed by atoms with Gasteiger partial charge in [0.1, 0.15) is 18.4 Å². The van der Waals surface area contributed by atoms with Crippen molar-refractivity contribution < 1.29 is 4.57 Å². The van der Waals surface area contributed by atoms with Gasteiger partial charge in [-0.05, 0) is 23.9 Å². The molecule has 1 aliphatic heterocycles. The maximum absolute atomic E-state index is 6.22. The molecule has 2 aromatic carbocycles. The molecule has 0 spiro atoms. The van der Waals surface area contributed by atoms with Gasteiger partial charge >= 0.3 is 5.16 Å². The minimum atomic E-state index is 0.577. The zero-order chi connectivity index (χ0) is 15.1. The Labute approximate surface area is 143 Å². The standard InChI is InChI=1S/C17H13Cl2N2S/c18-14-7-6-13(10-15(14)19)21-16(12-4-2-1-3-5-12)11-20-8-9-22-17(20)21/h1-7,10-11H,8-9H2/q+1. The molecule has 0 atom stereocenters. The van der Waals surface area contributed by atoms with Crippen LogP contribution >= 0.6 is 35.0 Å². The molecule has 4 rings (SSSR count). The molecule has 0 saturated carbocycles. The molecule has 0 unspecified atom stereocenters. The number of benzene rings is 2. The number of nitrogens with zero attached hydrogens (tertiary/aromatic N) is 2. The summed E-state index contributed by atoms with van der Waals surface area (Å²) < 4.78 is 4.56. The highest BCUT2D eigenvalue weighted by atomic mass is 35.5. The Morgan fingerprint density at radius 1 is 1.00 bits per heavy atom. The van der Waals surface area contributed by atoms with Crippen molar-refractivity contribution in [3.63, 3.8) is 0 Å². The van der Waals surface area contributed by atoms with Gasteiger partial charge in [-0.3, -0.25) is 0 Å². The summed E-state index contributed by atoms with van der Waals surface area (Å²) in [4.78, 5) is 0. The monoisotopic (exact) mass is 347 g/mol. The number of aromatic nitrogens is 2. The first-order valence-electron chi connectivity index (χ1n) is 7.03. The zero-order valence-corrected chi connectivity index (χ0v) is 14.0. The molecule has 22 heavy (non-hydrogen) atoms. The number of fused-ring (bicyclic) bond motifs is 1. The van der Waals surface area contributed by atoms with Crippen LogP contribution in [-0.4, -0.2) is 10.3 Å². The minimum Gasteiger partial charge on any atom is -0.223 e. The summed E-state index contributed by atoms with van der Waals surface area (Å²) in [6.07, 6.45) is 2.22. The predicted molar refractivity (Wildman–Crippen MR) is 92.1 cm³/mol. The molecule has 110 valence electrons. The molecule has 0 bridgehead atoms. The molecular formula is C17H13Cl2N2S+. The van der Waals surface area contributed by atoms with E-state index in [-0.39, 0.29) is 0 Å². The third-order valence-electron chi connectivity index (χ3n) is 3.75. The van der Waals surface area contributed by atoms with E-state index in [2.05, 4.69) is 39.6 Å². The molecule has 0 amide bonds. The molecule has 0 saturated heterocycles. The Morgan fingerprint density at radius 3 is 2.59 bits per heavy atom. The van der Waals surface area contributed by atoms with Crippen molar-refractivity contribution in [1.82, 2.24) is 4.57 Å². The van der Waals surface area contributed by atoms with Crippen LogP contribution in [0.1, 0.15) is 0 Å². The van der Waals surface area contributed by atoms with Gasteiger partial charge in [-0.15, -0.1) is 0 Å². The zero-order valence-electron chi connectivity index (χ0n) is 11.7. The second-order valence-corrected chi connectivity index (χ2v) is 7.02. The van der Waals surface area contributed by atoms with E-state index in [0.717, 1.165) is 18.0 Å². The van der Waals surface area contributed by atoms with Crippen molar-refractivity contribution >= 4 is 35.0 Å². The lowest BCUT2D eigenvalue weighted by Crippen LogP contribution is -2.30. The third-order valence-corrected chi connectivity index (χ3v) is 5.55. The van der Waals surface area contributed by atoms with Gasteiger partial charge in [0, 0.05) is 17.4 Å². The first-order valence-corrected chi connectivity index (χ1v) is 8.77. The fourth-order valence-electron chi connectivity index (χ4n) is 2.72. The normalized spacial score (nSPS) is 13.4. The second-order valence-electron chi connectivity index (χ2n) is 5.14. The summed E-state index contributed by atoms with van der Waals surface area (Å²) in [6.45, 7) is 1.04. The Kier molecular flexibility index (Phi) is 3.65. The molecule has 1 aliphatic rings. The first-order chi connectivity index (χ1) is 10.7. The largest absolute Gasteiger partial charge is 0.323 e. The molecule has 0 aliphatic carbocycles.